The molecule has 3 unspecified atom stereocenters. The van der Waals surface area contributed by atoms with Crippen LogP contribution in [0.25, 0.3) is 0 Å². The number of imide groups is 1. The van der Waals surface area contributed by atoms with E-state index in [0.29, 0.717) is 27.7 Å². The lowest BCUT2D eigenvalue weighted by Crippen LogP contribution is -2.32. The maximum Gasteiger partial charge on any atom is 0.338 e. The van der Waals surface area contributed by atoms with Crippen LogP contribution in [-0.4, -0.2) is 47.1 Å². The van der Waals surface area contributed by atoms with Crippen molar-refractivity contribution in [3.8, 4) is 5.75 Å². The first-order valence-electron chi connectivity index (χ1n) is 13.9. The summed E-state index contributed by atoms with van der Waals surface area (Å²) >= 11 is 2.27. The fraction of sp³-hybridized carbons (Fsp3) is 0.219. The highest BCUT2D eigenvalue weighted by Crippen LogP contribution is 2.53. The normalized spacial score (nSPS) is 18.9. The van der Waals surface area contributed by atoms with Gasteiger partial charge in [0.1, 0.15) is 11.0 Å². The zero-order valence-electron chi connectivity index (χ0n) is 23.7. The quantitative estimate of drug-likeness (QED) is 0.211. The van der Waals surface area contributed by atoms with Gasteiger partial charge in [0.15, 0.2) is 6.61 Å². The number of benzene rings is 3. The summed E-state index contributed by atoms with van der Waals surface area (Å²) in [5.41, 5.74) is 3.18. The Balaban J connectivity index is 1.17. The van der Waals surface area contributed by atoms with E-state index in [9.17, 15) is 24.0 Å². The Hall–Kier alpha value is -4.68. The molecule has 0 aliphatic carbocycles. The predicted octanol–water partition coefficient (Wildman–Crippen LogP) is 4.73. The average molecular weight is 630 g/mol. The number of amides is 3. The van der Waals surface area contributed by atoms with Gasteiger partial charge in [-0.25, -0.2) is 9.69 Å². The Morgan fingerprint density at radius 3 is 2.32 bits per heavy atom. The summed E-state index contributed by atoms with van der Waals surface area (Å²) < 4.78 is 10.6. The molecule has 0 saturated carbocycles. The van der Waals surface area contributed by atoms with Crippen molar-refractivity contribution in [1.29, 1.82) is 0 Å². The molecular formula is C32H27N3O7S2. The number of aromatic amines is 1. The zero-order chi connectivity index (χ0) is 31.0. The summed E-state index contributed by atoms with van der Waals surface area (Å²) in [4.78, 5) is 68.6. The Morgan fingerprint density at radius 2 is 1.64 bits per heavy atom. The molecule has 6 rings (SSSR count). The third-order valence-corrected chi connectivity index (χ3v) is 9.81. The molecule has 10 nitrogen and oxygen atoms in total. The fourth-order valence-electron chi connectivity index (χ4n) is 5.35. The number of H-pyrrole nitrogens is 1. The van der Waals surface area contributed by atoms with Crippen LogP contribution in [0.3, 0.4) is 0 Å². The van der Waals surface area contributed by atoms with Gasteiger partial charge in [-0.05, 0) is 67.9 Å². The van der Waals surface area contributed by atoms with Crippen LogP contribution in [0.15, 0.2) is 82.6 Å². The number of hydrogen-bond donors (Lipinski definition) is 2. The Bertz CT molecular complexity index is 1800. The number of carbonyl (C=O) groups is 4. The number of nitrogens with one attached hydrogen (secondary N) is 2. The zero-order valence-corrected chi connectivity index (χ0v) is 25.3. The molecule has 1 fully saturated rings. The summed E-state index contributed by atoms with van der Waals surface area (Å²) in [6, 6.07) is 20.6. The van der Waals surface area contributed by atoms with Crippen molar-refractivity contribution in [3.63, 3.8) is 0 Å². The third-order valence-electron chi connectivity index (χ3n) is 7.41. The van der Waals surface area contributed by atoms with Crippen molar-refractivity contribution in [2.75, 3.05) is 23.4 Å². The summed E-state index contributed by atoms with van der Waals surface area (Å²) in [6.45, 7) is 3.68. The lowest BCUT2D eigenvalue weighted by molar-refractivity contribution is -0.122. The lowest BCUT2D eigenvalue weighted by Gasteiger charge is -2.29. The number of carbonyl (C=O) groups excluding carboxylic acids is 4. The largest absolute Gasteiger partial charge is 0.484 e. The van der Waals surface area contributed by atoms with Gasteiger partial charge in [0.25, 0.3) is 5.91 Å². The van der Waals surface area contributed by atoms with Crippen molar-refractivity contribution >= 4 is 58.2 Å². The maximum absolute atomic E-state index is 13.8. The summed E-state index contributed by atoms with van der Waals surface area (Å²) in [5, 5.41) is 2.64. The van der Waals surface area contributed by atoms with Gasteiger partial charge in [0, 0.05) is 16.5 Å². The minimum atomic E-state index is -0.694. The number of rotatable bonds is 8. The molecule has 3 heterocycles. The van der Waals surface area contributed by atoms with E-state index in [4.69, 9.17) is 9.47 Å². The van der Waals surface area contributed by atoms with E-state index in [-0.39, 0.29) is 29.9 Å². The van der Waals surface area contributed by atoms with Crippen molar-refractivity contribution in [2.24, 2.45) is 5.92 Å². The highest BCUT2D eigenvalue weighted by atomic mass is 32.2. The van der Waals surface area contributed by atoms with Gasteiger partial charge < -0.3 is 19.8 Å². The van der Waals surface area contributed by atoms with Crippen molar-refractivity contribution in [2.45, 2.75) is 30.0 Å². The van der Waals surface area contributed by atoms with Crippen molar-refractivity contribution in [3.05, 3.63) is 104 Å². The molecule has 3 amide bonds. The molecule has 2 aliphatic rings. The predicted molar refractivity (Wildman–Crippen MR) is 167 cm³/mol. The first-order chi connectivity index (χ1) is 21.2. The van der Waals surface area contributed by atoms with Crippen LogP contribution in [0.1, 0.15) is 39.2 Å². The molecule has 0 radical (unpaired) electrons. The van der Waals surface area contributed by atoms with Crippen molar-refractivity contribution in [1.82, 2.24) is 4.98 Å². The molecular weight excluding hydrogens is 603 g/mol. The molecule has 2 aliphatic heterocycles. The first-order valence-corrected chi connectivity index (χ1v) is 15.6. The van der Waals surface area contributed by atoms with E-state index in [1.807, 2.05) is 19.1 Å². The van der Waals surface area contributed by atoms with Gasteiger partial charge in [-0.3, -0.25) is 19.2 Å². The number of aromatic nitrogens is 1. The minimum absolute atomic E-state index is 0.246. The number of fused-ring (bicyclic) bond motifs is 2. The summed E-state index contributed by atoms with van der Waals surface area (Å²) in [5.74, 6) is -2.21. The topological polar surface area (TPSA) is 135 Å². The summed E-state index contributed by atoms with van der Waals surface area (Å²) in [7, 11) is 0. The van der Waals surface area contributed by atoms with Gasteiger partial charge in [-0.2, -0.15) is 0 Å². The van der Waals surface area contributed by atoms with Gasteiger partial charge >= 0.3 is 10.8 Å². The second kappa shape index (κ2) is 12.1. The minimum Gasteiger partial charge on any atom is -0.484 e. The number of aryl methyl sites for hydroxylation is 1. The van der Waals surface area contributed by atoms with Gasteiger partial charge in [0.05, 0.1) is 28.8 Å². The Morgan fingerprint density at radius 1 is 0.932 bits per heavy atom. The fourth-order valence-corrected chi connectivity index (χ4v) is 7.86. The summed E-state index contributed by atoms with van der Waals surface area (Å²) in [6.07, 6.45) is 0. The highest BCUT2D eigenvalue weighted by molar-refractivity contribution is 8.00. The number of thioether (sulfide) groups is 1. The molecule has 12 heteroatoms. The van der Waals surface area contributed by atoms with E-state index >= 15 is 0 Å². The standard InChI is InChI=1S/C32H27N3O7S2/c1-3-41-31(39)19-6-10-20(11-7-19)33-23(36)16-42-22-14-8-18(9-15-22)24-25-27(43-28-26(24)44-32(40)34-28)30(38)35(29(25)37)21-12-4-17(2)5-13-21/h4-15,24-25,27H,3,16H2,1-2H3,(H,33,36)(H,34,40). The highest BCUT2D eigenvalue weighted by Gasteiger charge is 2.56. The number of ether oxygens (including phenoxy) is 2. The first kappa shape index (κ1) is 29.4. The van der Waals surface area contributed by atoms with Crippen molar-refractivity contribution < 1.29 is 28.7 Å². The third kappa shape index (κ3) is 5.65. The van der Waals surface area contributed by atoms with E-state index in [0.717, 1.165) is 27.3 Å². The number of hydrogen-bond acceptors (Lipinski definition) is 9. The van der Waals surface area contributed by atoms with Crippen LogP contribution >= 0.6 is 23.1 Å². The van der Waals surface area contributed by atoms with E-state index < -0.39 is 29.0 Å². The van der Waals surface area contributed by atoms with E-state index in [1.165, 1.54) is 16.7 Å². The van der Waals surface area contributed by atoms with E-state index in [2.05, 4.69) is 10.3 Å². The van der Waals surface area contributed by atoms with Gasteiger partial charge in [-0.1, -0.05) is 52.9 Å². The molecule has 1 aromatic heterocycles. The number of thiazole rings is 1. The second-order valence-corrected chi connectivity index (χ2v) is 12.5. The molecule has 2 N–H and O–H groups in total. The molecule has 0 spiro atoms. The van der Waals surface area contributed by atoms with Crippen LogP contribution in [0.5, 0.6) is 5.75 Å². The van der Waals surface area contributed by atoms with Crippen LogP contribution in [0.4, 0.5) is 11.4 Å². The lowest BCUT2D eigenvalue weighted by atomic mass is 9.83. The molecule has 224 valence electrons. The van der Waals surface area contributed by atoms with Gasteiger partial charge in [-0.15, -0.1) is 0 Å². The van der Waals surface area contributed by atoms with Crippen LogP contribution in [0, 0.1) is 12.8 Å². The Kier molecular flexibility index (Phi) is 8.11. The Labute approximate surface area is 260 Å². The monoisotopic (exact) mass is 629 g/mol. The average Bonchev–Trinajstić information content (AvgIpc) is 3.51. The molecule has 44 heavy (non-hydrogen) atoms. The van der Waals surface area contributed by atoms with Crippen LogP contribution in [-0.2, 0) is 19.1 Å². The number of anilines is 2. The number of nitrogens with zero attached hydrogens (tertiary/aromatic N) is 1. The molecule has 1 saturated heterocycles. The molecule has 3 atom stereocenters. The smallest absolute Gasteiger partial charge is 0.338 e. The second-order valence-electron chi connectivity index (χ2n) is 10.3. The van der Waals surface area contributed by atoms with Crippen LogP contribution < -0.4 is 19.8 Å². The van der Waals surface area contributed by atoms with Crippen LogP contribution in [0.2, 0.25) is 0 Å². The molecule has 3 aromatic carbocycles. The maximum atomic E-state index is 13.8. The van der Waals surface area contributed by atoms with E-state index in [1.54, 1.807) is 67.6 Å². The SMILES string of the molecule is CCOC(=O)c1ccc(NC(=O)COc2ccc(C3c4sc(=O)[nH]c4SC4C(=O)N(c5ccc(C)cc5)C(=O)C43)cc2)cc1. The number of esters is 1. The van der Waals surface area contributed by atoms with Gasteiger partial charge in [0.2, 0.25) is 11.8 Å². The molecule has 4 aromatic rings. The molecule has 0 bridgehead atoms.